The molecule has 0 unspecified atom stereocenters. The smallest absolute Gasteiger partial charge is 0.326 e. The van der Waals surface area contributed by atoms with E-state index in [9.17, 15) is 9.59 Å². The third-order valence-electron chi connectivity index (χ3n) is 2.40. The van der Waals surface area contributed by atoms with E-state index in [-0.39, 0.29) is 0 Å². The number of rotatable bonds is 6. The van der Waals surface area contributed by atoms with Crippen LogP contribution >= 0.6 is 0 Å². The molecule has 0 saturated carbocycles. The Kier molecular flexibility index (Phi) is 5.63. The van der Waals surface area contributed by atoms with Crippen LogP contribution in [-0.4, -0.2) is 34.7 Å². The van der Waals surface area contributed by atoms with Crippen molar-refractivity contribution in [3.63, 3.8) is 0 Å². The summed E-state index contributed by atoms with van der Waals surface area (Å²) >= 11 is 0. The first-order valence-electron chi connectivity index (χ1n) is 5.80. The van der Waals surface area contributed by atoms with Crippen molar-refractivity contribution in [3.05, 3.63) is 30.1 Å². The second-order valence-corrected chi connectivity index (χ2v) is 3.77. The molecule has 1 aromatic heterocycles. The van der Waals surface area contributed by atoms with Crippen molar-refractivity contribution in [2.45, 2.75) is 25.8 Å². The van der Waals surface area contributed by atoms with Gasteiger partial charge >= 0.3 is 12.0 Å². The number of carbonyl (C=O) groups excluding carboxylic acids is 1. The van der Waals surface area contributed by atoms with Gasteiger partial charge in [0.15, 0.2) is 0 Å². The lowest BCUT2D eigenvalue weighted by molar-refractivity contribution is -0.139. The van der Waals surface area contributed by atoms with E-state index in [0.717, 1.165) is 5.69 Å². The minimum Gasteiger partial charge on any atom is -0.480 e. The third-order valence-corrected chi connectivity index (χ3v) is 2.40. The Labute approximate surface area is 105 Å². The normalized spacial score (nSPS) is 11.6. The molecule has 6 nitrogen and oxygen atoms in total. The van der Waals surface area contributed by atoms with Gasteiger partial charge in [0.2, 0.25) is 0 Å². The third kappa shape index (κ3) is 4.82. The second-order valence-electron chi connectivity index (χ2n) is 3.77. The number of nitrogens with one attached hydrogen (secondary N) is 2. The summed E-state index contributed by atoms with van der Waals surface area (Å²) in [6, 6.07) is 4.24. The number of urea groups is 1. The van der Waals surface area contributed by atoms with E-state index >= 15 is 0 Å². The van der Waals surface area contributed by atoms with Crippen molar-refractivity contribution in [1.82, 2.24) is 15.6 Å². The van der Waals surface area contributed by atoms with Crippen LogP contribution < -0.4 is 10.6 Å². The second kappa shape index (κ2) is 7.26. The lowest BCUT2D eigenvalue weighted by Crippen LogP contribution is -2.46. The number of amides is 2. The summed E-state index contributed by atoms with van der Waals surface area (Å²) in [4.78, 5) is 26.2. The summed E-state index contributed by atoms with van der Waals surface area (Å²) in [6.07, 6.45) is 2.65. The lowest BCUT2D eigenvalue weighted by atomic mass is 10.2. The van der Waals surface area contributed by atoms with E-state index in [1.54, 1.807) is 13.1 Å². The monoisotopic (exact) mass is 251 g/mol. The zero-order valence-corrected chi connectivity index (χ0v) is 10.2. The van der Waals surface area contributed by atoms with Gasteiger partial charge in [-0.1, -0.05) is 13.0 Å². The largest absolute Gasteiger partial charge is 0.480 e. The first-order valence-corrected chi connectivity index (χ1v) is 5.80. The minimum absolute atomic E-state index is 0.350. The van der Waals surface area contributed by atoms with Crippen molar-refractivity contribution in [2.75, 3.05) is 6.54 Å². The molecule has 2 amide bonds. The Bertz CT molecular complexity index is 395. The summed E-state index contributed by atoms with van der Waals surface area (Å²) in [5.74, 6) is -1.03. The Hall–Kier alpha value is -2.11. The average molecular weight is 251 g/mol. The molecule has 1 heterocycles. The number of carboxylic acids is 1. The molecule has 0 aromatic carbocycles. The predicted octanol–water partition coefficient (Wildman–Crippen LogP) is 0.786. The van der Waals surface area contributed by atoms with Gasteiger partial charge in [-0.25, -0.2) is 9.59 Å². The van der Waals surface area contributed by atoms with E-state index < -0.39 is 18.0 Å². The van der Waals surface area contributed by atoms with Crippen molar-refractivity contribution in [3.8, 4) is 0 Å². The SMILES string of the molecule is CC[C@@H](NC(=O)NCCc1ccccn1)C(=O)O. The molecule has 6 heteroatoms. The molecule has 0 aliphatic rings. The van der Waals surface area contributed by atoms with Crippen LogP contribution in [0.1, 0.15) is 19.0 Å². The molecule has 98 valence electrons. The van der Waals surface area contributed by atoms with Crippen molar-refractivity contribution in [1.29, 1.82) is 0 Å². The van der Waals surface area contributed by atoms with Gasteiger partial charge in [0.25, 0.3) is 0 Å². The maximum atomic E-state index is 11.4. The summed E-state index contributed by atoms with van der Waals surface area (Å²) in [6.45, 7) is 2.12. The van der Waals surface area contributed by atoms with Crippen LogP contribution in [0.15, 0.2) is 24.4 Å². The van der Waals surface area contributed by atoms with Gasteiger partial charge < -0.3 is 15.7 Å². The fourth-order valence-electron chi connectivity index (χ4n) is 1.40. The van der Waals surface area contributed by atoms with Crippen molar-refractivity contribution < 1.29 is 14.7 Å². The van der Waals surface area contributed by atoms with Gasteiger partial charge in [-0.2, -0.15) is 0 Å². The van der Waals surface area contributed by atoms with E-state index in [1.807, 2.05) is 18.2 Å². The quantitative estimate of drug-likeness (QED) is 0.697. The number of nitrogens with zero attached hydrogens (tertiary/aromatic N) is 1. The van der Waals surface area contributed by atoms with Gasteiger partial charge in [0.1, 0.15) is 6.04 Å². The van der Waals surface area contributed by atoms with Gasteiger partial charge in [-0.05, 0) is 18.6 Å². The molecule has 1 aromatic rings. The van der Waals surface area contributed by atoms with Crippen LogP contribution in [0.4, 0.5) is 4.79 Å². The van der Waals surface area contributed by atoms with E-state index in [1.165, 1.54) is 0 Å². The zero-order chi connectivity index (χ0) is 13.4. The highest BCUT2D eigenvalue weighted by Gasteiger charge is 2.16. The van der Waals surface area contributed by atoms with Crippen LogP contribution in [0.2, 0.25) is 0 Å². The molecule has 0 spiro atoms. The Balaban J connectivity index is 2.27. The van der Waals surface area contributed by atoms with Gasteiger partial charge in [0.05, 0.1) is 0 Å². The molecule has 1 rings (SSSR count). The molecule has 0 radical (unpaired) electrons. The number of hydrogen-bond acceptors (Lipinski definition) is 3. The molecule has 18 heavy (non-hydrogen) atoms. The maximum absolute atomic E-state index is 11.4. The Morgan fingerprint density at radius 1 is 1.44 bits per heavy atom. The maximum Gasteiger partial charge on any atom is 0.326 e. The summed E-state index contributed by atoms with van der Waals surface area (Å²) in [5, 5.41) is 13.8. The molecule has 0 bridgehead atoms. The molecule has 0 fully saturated rings. The first-order chi connectivity index (χ1) is 8.63. The topological polar surface area (TPSA) is 91.3 Å². The fourth-order valence-corrected chi connectivity index (χ4v) is 1.40. The van der Waals surface area contributed by atoms with Crippen LogP contribution in [0.25, 0.3) is 0 Å². The van der Waals surface area contributed by atoms with E-state index in [4.69, 9.17) is 5.11 Å². The van der Waals surface area contributed by atoms with Gasteiger partial charge in [-0.15, -0.1) is 0 Å². The minimum atomic E-state index is -1.03. The summed E-state index contributed by atoms with van der Waals surface area (Å²) in [7, 11) is 0. The Morgan fingerprint density at radius 3 is 2.78 bits per heavy atom. The van der Waals surface area contributed by atoms with E-state index in [0.29, 0.717) is 19.4 Å². The summed E-state index contributed by atoms with van der Waals surface area (Å²) < 4.78 is 0. The molecule has 0 saturated heterocycles. The number of carboxylic acid groups (broad SMARTS) is 1. The number of aliphatic carboxylic acids is 1. The highest BCUT2D eigenvalue weighted by Crippen LogP contribution is 1.93. The van der Waals surface area contributed by atoms with Gasteiger partial charge in [0, 0.05) is 24.9 Å². The molecule has 0 aliphatic heterocycles. The van der Waals surface area contributed by atoms with Crippen molar-refractivity contribution in [2.24, 2.45) is 0 Å². The number of pyridine rings is 1. The molecular weight excluding hydrogens is 234 g/mol. The molecule has 1 atom stereocenters. The number of carbonyl (C=O) groups is 2. The molecule has 0 aliphatic carbocycles. The first kappa shape index (κ1) is 14.0. The standard InChI is InChI=1S/C12H17N3O3/c1-2-10(11(16)17)15-12(18)14-8-6-9-5-3-4-7-13-9/h3-5,7,10H,2,6,8H2,1H3,(H,16,17)(H2,14,15,18)/t10-/m1/s1. The average Bonchev–Trinajstić information content (AvgIpc) is 2.37. The van der Waals surface area contributed by atoms with E-state index in [2.05, 4.69) is 15.6 Å². The van der Waals surface area contributed by atoms with Crippen LogP contribution in [-0.2, 0) is 11.2 Å². The molecular formula is C12H17N3O3. The fraction of sp³-hybridized carbons (Fsp3) is 0.417. The summed E-state index contributed by atoms with van der Waals surface area (Å²) in [5.41, 5.74) is 0.878. The van der Waals surface area contributed by atoms with Crippen molar-refractivity contribution >= 4 is 12.0 Å². The van der Waals surface area contributed by atoms with Crippen LogP contribution in [0, 0.1) is 0 Å². The lowest BCUT2D eigenvalue weighted by Gasteiger charge is -2.12. The van der Waals surface area contributed by atoms with Gasteiger partial charge in [-0.3, -0.25) is 4.98 Å². The zero-order valence-electron chi connectivity index (χ0n) is 10.2. The number of aromatic nitrogens is 1. The van der Waals surface area contributed by atoms with Crippen LogP contribution in [0.3, 0.4) is 0 Å². The highest BCUT2D eigenvalue weighted by atomic mass is 16.4. The highest BCUT2D eigenvalue weighted by molar-refractivity contribution is 5.82. The predicted molar refractivity (Wildman–Crippen MR) is 66.2 cm³/mol. The molecule has 3 N–H and O–H groups in total. The number of hydrogen-bond donors (Lipinski definition) is 3. The van der Waals surface area contributed by atoms with Crippen LogP contribution in [0.5, 0.6) is 0 Å². The Morgan fingerprint density at radius 2 is 2.22 bits per heavy atom.